The van der Waals surface area contributed by atoms with E-state index < -0.39 is 17.1 Å². The second-order valence-corrected chi connectivity index (χ2v) is 9.21. The third kappa shape index (κ3) is 5.68. The Morgan fingerprint density at radius 3 is 2.61 bits per heavy atom. The van der Waals surface area contributed by atoms with Crippen LogP contribution in [-0.4, -0.2) is 53.8 Å². The summed E-state index contributed by atoms with van der Waals surface area (Å²) in [5, 5.41) is 23.5. The number of aryl methyl sites for hydroxylation is 1. The van der Waals surface area contributed by atoms with E-state index in [1.807, 2.05) is 0 Å². The van der Waals surface area contributed by atoms with Crippen molar-refractivity contribution in [3.05, 3.63) is 51.6 Å². The highest BCUT2D eigenvalue weighted by Crippen LogP contribution is 2.37. The number of methoxy groups -OCH3 is 1. The number of benzene rings is 1. The van der Waals surface area contributed by atoms with Crippen LogP contribution in [0.2, 0.25) is 0 Å². The average Bonchev–Trinajstić information content (AvgIpc) is 3.60. The van der Waals surface area contributed by atoms with Crippen LogP contribution in [0.1, 0.15) is 55.1 Å². The highest BCUT2D eigenvalue weighted by atomic mass is 16.5. The van der Waals surface area contributed by atoms with Crippen molar-refractivity contribution in [3.8, 4) is 17.2 Å². The maximum atomic E-state index is 13.0. The summed E-state index contributed by atoms with van der Waals surface area (Å²) >= 11 is 0. The van der Waals surface area contributed by atoms with Crippen LogP contribution in [0.15, 0.2) is 33.5 Å². The van der Waals surface area contributed by atoms with Gasteiger partial charge in [-0.2, -0.15) is 0 Å². The molecule has 2 aromatic rings. The van der Waals surface area contributed by atoms with Crippen LogP contribution in [0.5, 0.6) is 17.2 Å². The van der Waals surface area contributed by atoms with Crippen LogP contribution in [0.25, 0.3) is 0 Å². The maximum absolute atomic E-state index is 13.0. The number of hydrogen-bond acceptors (Lipinski definition) is 7. The first kappa shape index (κ1) is 23.2. The summed E-state index contributed by atoms with van der Waals surface area (Å²) in [5.41, 5.74) is 0.0241. The number of ether oxygens (including phenoxy) is 1. The molecule has 33 heavy (non-hydrogen) atoms. The van der Waals surface area contributed by atoms with Crippen LogP contribution in [0.4, 0.5) is 0 Å². The number of piperidine rings is 1. The lowest BCUT2D eigenvalue weighted by atomic mass is 9.91. The Morgan fingerprint density at radius 2 is 1.94 bits per heavy atom. The Hall–Kier alpha value is -3.00. The van der Waals surface area contributed by atoms with Crippen molar-refractivity contribution in [1.82, 2.24) is 10.2 Å². The van der Waals surface area contributed by atoms with Crippen molar-refractivity contribution in [3.63, 3.8) is 0 Å². The van der Waals surface area contributed by atoms with Crippen LogP contribution in [-0.2, 0) is 4.79 Å². The van der Waals surface area contributed by atoms with Crippen molar-refractivity contribution < 1.29 is 24.2 Å². The summed E-state index contributed by atoms with van der Waals surface area (Å²) in [6.45, 7) is 4.74. The fraction of sp³-hybridized carbons (Fsp3) is 0.520. The highest BCUT2D eigenvalue weighted by Gasteiger charge is 2.30. The predicted octanol–water partition coefficient (Wildman–Crippen LogP) is 2.88. The summed E-state index contributed by atoms with van der Waals surface area (Å²) in [4.78, 5) is 27.7. The van der Waals surface area contributed by atoms with Gasteiger partial charge in [0.2, 0.25) is 17.1 Å². The zero-order chi connectivity index (χ0) is 23.5. The minimum Gasteiger partial charge on any atom is -0.504 e. The van der Waals surface area contributed by atoms with E-state index in [4.69, 9.17) is 9.15 Å². The van der Waals surface area contributed by atoms with Crippen LogP contribution in [0.3, 0.4) is 0 Å². The number of carbonyl (C=O) groups excluding carboxylic acids is 1. The van der Waals surface area contributed by atoms with Gasteiger partial charge in [0.05, 0.1) is 13.0 Å². The molecular formula is C25H32N2O6. The molecule has 0 spiro atoms. The molecule has 1 amide bonds. The van der Waals surface area contributed by atoms with Gasteiger partial charge >= 0.3 is 0 Å². The van der Waals surface area contributed by atoms with Crippen molar-refractivity contribution >= 4 is 5.91 Å². The summed E-state index contributed by atoms with van der Waals surface area (Å²) in [6, 6.07) is 5.99. The van der Waals surface area contributed by atoms with E-state index in [0.29, 0.717) is 11.3 Å². The lowest BCUT2D eigenvalue weighted by Gasteiger charge is -2.32. The van der Waals surface area contributed by atoms with Gasteiger partial charge in [-0.25, -0.2) is 0 Å². The molecule has 3 N–H and O–H groups in total. The molecule has 8 heteroatoms. The first-order valence-electron chi connectivity index (χ1n) is 11.6. The molecule has 178 valence electrons. The fourth-order valence-electron chi connectivity index (χ4n) is 4.53. The number of carbonyl (C=O) groups is 1. The molecule has 1 aliphatic carbocycles. The standard InChI is InChI=1S/C25H32N2O6/c1-15-11-21(29)24(31)25(33-15)19(17-5-6-20(28)22(12-17)32-2)13-23(30)26-18-7-9-27(10-8-18)14-16-3-4-16/h5-6,11-12,16,18-19,28,31H,3-4,7-10,13-14H2,1-2H3,(H,26,30)/t19-/m0/s1. The maximum Gasteiger partial charge on any atom is 0.227 e. The van der Waals surface area contributed by atoms with Crippen LogP contribution < -0.4 is 15.5 Å². The number of likely N-dealkylation sites (tertiary alicyclic amines) is 1. The van der Waals surface area contributed by atoms with Gasteiger partial charge in [0.1, 0.15) is 5.76 Å². The molecule has 0 radical (unpaired) electrons. The zero-order valence-electron chi connectivity index (χ0n) is 19.2. The van der Waals surface area contributed by atoms with Gasteiger partial charge in [-0.15, -0.1) is 0 Å². The zero-order valence-corrected chi connectivity index (χ0v) is 19.2. The minimum absolute atomic E-state index is 0.0177. The van der Waals surface area contributed by atoms with Gasteiger partial charge < -0.3 is 29.6 Å². The van der Waals surface area contributed by atoms with E-state index in [1.165, 1.54) is 32.1 Å². The Balaban J connectivity index is 1.51. The van der Waals surface area contributed by atoms with Crippen LogP contribution >= 0.6 is 0 Å². The van der Waals surface area contributed by atoms with Crippen molar-refractivity contribution in [2.75, 3.05) is 26.7 Å². The molecule has 4 rings (SSSR count). The summed E-state index contributed by atoms with van der Waals surface area (Å²) < 4.78 is 10.9. The summed E-state index contributed by atoms with van der Waals surface area (Å²) in [6.07, 6.45) is 4.46. The third-order valence-corrected chi connectivity index (χ3v) is 6.55. The van der Waals surface area contributed by atoms with E-state index >= 15 is 0 Å². The molecule has 1 aromatic carbocycles. The first-order valence-corrected chi connectivity index (χ1v) is 11.6. The Labute approximate surface area is 193 Å². The summed E-state index contributed by atoms with van der Waals surface area (Å²) in [5.74, 6) is -0.00475. The van der Waals surface area contributed by atoms with Gasteiger partial charge in [0, 0.05) is 38.2 Å². The number of phenolic OH excluding ortho intramolecular Hbond substituents is 1. The largest absolute Gasteiger partial charge is 0.504 e. The topological polar surface area (TPSA) is 112 Å². The SMILES string of the molecule is COc1cc([C@H](CC(=O)NC2CCN(CC3CC3)CC2)c2oc(C)cc(=O)c2O)ccc1O. The van der Waals surface area contributed by atoms with Gasteiger partial charge in [0.25, 0.3) is 0 Å². The second-order valence-electron chi connectivity index (χ2n) is 9.21. The Morgan fingerprint density at radius 1 is 1.21 bits per heavy atom. The summed E-state index contributed by atoms with van der Waals surface area (Å²) in [7, 11) is 1.43. The van der Waals surface area contributed by atoms with E-state index in [2.05, 4.69) is 10.2 Å². The molecule has 1 saturated carbocycles. The molecule has 2 heterocycles. The quantitative estimate of drug-likeness (QED) is 0.560. The number of nitrogens with one attached hydrogen (secondary N) is 1. The minimum atomic E-state index is -0.720. The number of aromatic hydroxyl groups is 2. The molecular weight excluding hydrogens is 424 g/mol. The lowest BCUT2D eigenvalue weighted by molar-refractivity contribution is -0.122. The van der Waals surface area contributed by atoms with E-state index in [1.54, 1.807) is 19.1 Å². The van der Waals surface area contributed by atoms with Gasteiger partial charge in [-0.05, 0) is 56.2 Å². The average molecular weight is 457 g/mol. The number of nitrogens with zero attached hydrogens (tertiary/aromatic N) is 1. The van der Waals surface area contributed by atoms with Gasteiger partial charge in [-0.1, -0.05) is 6.07 Å². The fourth-order valence-corrected chi connectivity index (χ4v) is 4.53. The number of phenols is 1. The normalized spacial score (nSPS) is 18.1. The van der Waals surface area contributed by atoms with Crippen LogP contribution in [0, 0.1) is 12.8 Å². The predicted molar refractivity (Wildman–Crippen MR) is 123 cm³/mol. The molecule has 0 unspecified atom stereocenters. The third-order valence-electron chi connectivity index (χ3n) is 6.55. The van der Waals surface area contributed by atoms with Crippen molar-refractivity contribution in [2.45, 2.75) is 51.0 Å². The first-order chi connectivity index (χ1) is 15.8. The van der Waals surface area contributed by atoms with Gasteiger partial charge in [0.15, 0.2) is 17.3 Å². The number of rotatable bonds is 8. The Kier molecular flexibility index (Phi) is 6.93. The smallest absolute Gasteiger partial charge is 0.227 e. The monoisotopic (exact) mass is 456 g/mol. The van der Waals surface area contributed by atoms with Crippen molar-refractivity contribution in [2.24, 2.45) is 5.92 Å². The molecule has 1 atom stereocenters. The molecule has 1 aromatic heterocycles. The molecule has 2 aliphatic rings. The Bertz CT molecular complexity index is 1050. The molecule has 1 saturated heterocycles. The van der Waals surface area contributed by atoms with Gasteiger partial charge in [-0.3, -0.25) is 9.59 Å². The number of hydrogen-bond donors (Lipinski definition) is 3. The molecule has 8 nitrogen and oxygen atoms in total. The molecule has 1 aliphatic heterocycles. The van der Waals surface area contributed by atoms with E-state index in [9.17, 15) is 19.8 Å². The van der Waals surface area contributed by atoms with E-state index in [-0.39, 0.29) is 35.6 Å². The van der Waals surface area contributed by atoms with E-state index in [0.717, 1.165) is 38.4 Å². The molecule has 0 bridgehead atoms. The second kappa shape index (κ2) is 9.87. The highest BCUT2D eigenvalue weighted by molar-refractivity contribution is 5.78. The molecule has 2 fully saturated rings. The van der Waals surface area contributed by atoms with Crippen molar-refractivity contribution in [1.29, 1.82) is 0 Å². The lowest BCUT2D eigenvalue weighted by Crippen LogP contribution is -2.45. The number of amides is 1.